The van der Waals surface area contributed by atoms with Gasteiger partial charge >= 0.3 is 0 Å². The molecule has 1 N–H and O–H groups in total. The van der Waals surface area contributed by atoms with Crippen LogP contribution in [-0.4, -0.2) is 18.9 Å². The first-order chi connectivity index (χ1) is 7.09. The molecule has 2 nitrogen and oxygen atoms in total. The molecule has 0 bridgehead atoms. The van der Waals surface area contributed by atoms with Crippen molar-refractivity contribution in [2.24, 2.45) is 5.92 Å². The number of carbonyl (C=O) groups excluding carboxylic acids is 1. The molecule has 0 atom stereocenters. The summed E-state index contributed by atoms with van der Waals surface area (Å²) in [6.45, 7) is 5.28. The number of hydrogen-bond acceptors (Lipinski definition) is 2. The molecule has 1 aromatic carbocycles. The van der Waals surface area contributed by atoms with Crippen LogP contribution in [0.2, 0.25) is 0 Å². The van der Waals surface area contributed by atoms with Crippen molar-refractivity contribution in [1.82, 2.24) is 5.32 Å². The summed E-state index contributed by atoms with van der Waals surface area (Å²) in [6.07, 6.45) is 0. The molecule has 0 aliphatic rings. The topological polar surface area (TPSA) is 29.1 Å². The molecular formula is C12H16FNO. The molecule has 0 aromatic heterocycles. The highest BCUT2D eigenvalue weighted by molar-refractivity contribution is 5.97. The summed E-state index contributed by atoms with van der Waals surface area (Å²) in [5.41, 5.74) is 0.549. The smallest absolute Gasteiger partial charge is 0.176 e. The number of hydrogen-bond donors (Lipinski definition) is 1. The van der Waals surface area contributed by atoms with E-state index in [0.29, 0.717) is 18.0 Å². The van der Waals surface area contributed by atoms with Gasteiger partial charge in [0.05, 0.1) is 6.54 Å². The molecule has 0 aliphatic heterocycles. The fraction of sp³-hybridized carbons (Fsp3) is 0.417. The predicted octanol–water partition coefficient (Wildman–Crippen LogP) is 2.25. The van der Waals surface area contributed by atoms with Crippen molar-refractivity contribution < 1.29 is 9.18 Å². The van der Waals surface area contributed by atoms with E-state index in [1.807, 2.05) is 0 Å². The fourth-order valence-electron chi connectivity index (χ4n) is 1.21. The maximum Gasteiger partial charge on any atom is 0.176 e. The summed E-state index contributed by atoms with van der Waals surface area (Å²) >= 11 is 0. The normalized spacial score (nSPS) is 10.7. The predicted molar refractivity (Wildman–Crippen MR) is 58.4 cm³/mol. The second-order valence-electron chi connectivity index (χ2n) is 3.95. The van der Waals surface area contributed by atoms with Gasteiger partial charge in [-0.2, -0.15) is 0 Å². The van der Waals surface area contributed by atoms with Crippen LogP contribution in [0.15, 0.2) is 24.3 Å². The number of carbonyl (C=O) groups is 1. The molecular weight excluding hydrogens is 193 g/mol. The molecule has 0 saturated heterocycles. The lowest BCUT2D eigenvalue weighted by molar-refractivity contribution is 0.0990. The van der Waals surface area contributed by atoms with Gasteiger partial charge in [-0.05, 0) is 36.7 Å². The molecule has 0 heterocycles. The van der Waals surface area contributed by atoms with E-state index >= 15 is 0 Å². The van der Waals surface area contributed by atoms with Gasteiger partial charge in [0.25, 0.3) is 0 Å². The van der Waals surface area contributed by atoms with Gasteiger partial charge in [0.1, 0.15) is 5.82 Å². The van der Waals surface area contributed by atoms with Crippen LogP contribution in [-0.2, 0) is 0 Å². The van der Waals surface area contributed by atoms with Crippen molar-refractivity contribution >= 4 is 5.78 Å². The molecule has 15 heavy (non-hydrogen) atoms. The van der Waals surface area contributed by atoms with Gasteiger partial charge in [-0.3, -0.25) is 4.79 Å². The Bertz CT molecular complexity index is 319. The lowest BCUT2D eigenvalue weighted by Gasteiger charge is -2.06. The average Bonchev–Trinajstić information content (AvgIpc) is 2.18. The van der Waals surface area contributed by atoms with Crippen molar-refractivity contribution in [3.05, 3.63) is 35.6 Å². The fourth-order valence-corrected chi connectivity index (χ4v) is 1.21. The van der Waals surface area contributed by atoms with Crippen molar-refractivity contribution in [2.75, 3.05) is 13.1 Å². The second kappa shape index (κ2) is 5.61. The first kappa shape index (κ1) is 11.9. The Morgan fingerprint density at radius 3 is 2.47 bits per heavy atom. The molecule has 3 heteroatoms. The molecule has 1 aromatic rings. The van der Waals surface area contributed by atoms with Gasteiger partial charge < -0.3 is 5.32 Å². The molecule has 0 radical (unpaired) electrons. The van der Waals surface area contributed by atoms with Gasteiger partial charge in [0.2, 0.25) is 0 Å². The SMILES string of the molecule is CC(C)CNCC(=O)c1ccc(F)cc1. The lowest BCUT2D eigenvalue weighted by atomic mass is 10.1. The Labute approximate surface area is 89.5 Å². The molecule has 0 saturated carbocycles. The van der Waals surface area contributed by atoms with Crippen LogP contribution in [0.4, 0.5) is 4.39 Å². The minimum absolute atomic E-state index is 0.00403. The Morgan fingerprint density at radius 2 is 1.93 bits per heavy atom. The number of ketones is 1. The zero-order valence-corrected chi connectivity index (χ0v) is 9.09. The first-order valence-corrected chi connectivity index (χ1v) is 5.09. The number of nitrogens with one attached hydrogen (secondary N) is 1. The number of rotatable bonds is 5. The third kappa shape index (κ3) is 4.21. The molecule has 0 unspecified atom stereocenters. The van der Waals surface area contributed by atoms with E-state index in [2.05, 4.69) is 19.2 Å². The standard InChI is InChI=1S/C12H16FNO/c1-9(2)7-14-8-12(15)10-3-5-11(13)6-4-10/h3-6,9,14H,7-8H2,1-2H3. The van der Waals surface area contributed by atoms with Crippen LogP contribution in [0, 0.1) is 11.7 Å². The molecule has 0 fully saturated rings. The van der Waals surface area contributed by atoms with E-state index in [1.165, 1.54) is 24.3 Å². The maximum absolute atomic E-state index is 12.6. The highest BCUT2D eigenvalue weighted by Crippen LogP contribution is 2.03. The summed E-state index contributed by atoms with van der Waals surface area (Å²) in [4.78, 5) is 11.6. The van der Waals surface area contributed by atoms with Gasteiger partial charge in [0.15, 0.2) is 5.78 Å². The van der Waals surface area contributed by atoms with Crippen molar-refractivity contribution in [2.45, 2.75) is 13.8 Å². The molecule has 0 aliphatic carbocycles. The van der Waals surface area contributed by atoms with Gasteiger partial charge in [-0.25, -0.2) is 4.39 Å². The number of Topliss-reactive ketones (excluding diaryl/α,β-unsaturated/α-hetero) is 1. The van der Waals surface area contributed by atoms with Crippen LogP contribution in [0.1, 0.15) is 24.2 Å². The number of halogens is 1. The zero-order chi connectivity index (χ0) is 11.3. The Kier molecular flexibility index (Phi) is 4.43. The monoisotopic (exact) mass is 209 g/mol. The second-order valence-corrected chi connectivity index (χ2v) is 3.95. The summed E-state index contributed by atoms with van der Waals surface area (Å²) in [5.74, 6) is 0.198. The molecule has 1 rings (SSSR count). The largest absolute Gasteiger partial charge is 0.309 e. The van der Waals surface area contributed by atoms with E-state index < -0.39 is 0 Å². The maximum atomic E-state index is 12.6. The molecule has 0 spiro atoms. The van der Waals surface area contributed by atoms with E-state index in [0.717, 1.165) is 6.54 Å². The van der Waals surface area contributed by atoms with E-state index in [9.17, 15) is 9.18 Å². The van der Waals surface area contributed by atoms with Crippen LogP contribution in [0.3, 0.4) is 0 Å². The van der Waals surface area contributed by atoms with Gasteiger partial charge in [0, 0.05) is 5.56 Å². The quantitative estimate of drug-likeness (QED) is 0.754. The Morgan fingerprint density at radius 1 is 1.33 bits per heavy atom. The third-order valence-electron chi connectivity index (χ3n) is 2.00. The van der Waals surface area contributed by atoms with Crippen molar-refractivity contribution in [3.8, 4) is 0 Å². The average molecular weight is 209 g/mol. The zero-order valence-electron chi connectivity index (χ0n) is 9.09. The molecule has 0 amide bonds. The Balaban J connectivity index is 2.43. The summed E-state index contributed by atoms with van der Waals surface area (Å²) in [5, 5.41) is 3.05. The van der Waals surface area contributed by atoms with Gasteiger partial charge in [-0.15, -0.1) is 0 Å². The van der Waals surface area contributed by atoms with Gasteiger partial charge in [-0.1, -0.05) is 13.8 Å². The van der Waals surface area contributed by atoms with E-state index in [1.54, 1.807) is 0 Å². The summed E-state index contributed by atoms with van der Waals surface area (Å²) in [7, 11) is 0. The summed E-state index contributed by atoms with van der Waals surface area (Å²) < 4.78 is 12.6. The van der Waals surface area contributed by atoms with E-state index in [4.69, 9.17) is 0 Å². The van der Waals surface area contributed by atoms with Crippen molar-refractivity contribution in [1.29, 1.82) is 0 Å². The minimum atomic E-state index is -0.318. The lowest BCUT2D eigenvalue weighted by Crippen LogP contribution is -2.26. The minimum Gasteiger partial charge on any atom is -0.309 e. The van der Waals surface area contributed by atoms with Crippen LogP contribution in [0.25, 0.3) is 0 Å². The van der Waals surface area contributed by atoms with E-state index in [-0.39, 0.29) is 11.6 Å². The Hall–Kier alpha value is -1.22. The summed E-state index contributed by atoms with van der Waals surface area (Å²) in [6, 6.07) is 5.62. The third-order valence-corrected chi connectivity index (χ3v) is 2.00. The van der Waals surface area contributed by atoms with Crippen LogP contribution >= 0.6 is 0 Å². The van der Waals surface area contributed by atoms with Crippen LogP contribution in [0.5, 0.6) is 0 Å². The highest BCUT2D eigenvalue weighted by atomic mass is 19.1. The number of benzene rings is 1. The first-order valence-electron chi connectivity index (χ1n) is 5.09. The highest BCUT2D eigenvalue weighted by Gasteiger charge is 2.05. The van der Waals surface area contributed by atoms with Crippen molar-refractivity contribution in [3.63, 3.8) is 0 Å². The van der Waals surface area contributed by atoms with Crippen LogP contribution < -0.4 is 5.32 Å². The molecule has 82 valence electrons.